The van der Waals surface area contributed by atoms with Crippen molar-refractivity contribution < 1.29 is 14.6 Å². The fourth-order valence-electron chi connectivity index (χ4n) is 2.95. The van der Waals surface area contributed by atoms with Crippen LogP contribution in [0, 0.1) is 5.92 Å². The number of hydrogen-bond donors (Lipinski definition) is 2. The summed E-state index contributed by atoms with van der Waals surface area (Å²) in [6, 6.07) is 10.1. The topological polar surface area (TPSA) is 58.6 Å². The molecular formula is C23H34INO3. The minimum Gasteiger partial charge on any atom is -0.396 e. The highest BCUT2D eigenvalue weighted by molar-refractivity contribution is 14.1. The van der Waals surface area contributed by atoms with Crippen LogP contribution in [0.25, 0.3) is 0 Å². The number of aliphatic hydroxyl groups excluding tert-OH is 1. The van der Waals surface area contributed by atoms with E-state index in [-0.39, 0.29) is 24.5 Å². The molecule has 1 rings (SSSR count). The number of ether oxygens (including phenoxy) is 1. The number of benzene rings is 1. The van der Waals surface area contributed by atoms with Crippen LogP contribution in [0.1, 0.15) is 51.5 Å². The number of aliphatic hydroxyl groups is 1. The smallest absolute Gasteiger partial charge is 0.220 e. The Morgan fingerprint density at radius 1 is 1.21 bits per heavy atom. The molecule has 0 radical (unpaired) electrons. The second kappa shape index (κ2) is 15.7. The predicted octanol–water partition coefficient (Wildman–Crippen LogP) is 5.16. The summed E-state index contributed by atoms with van der Waals surface area (Å²) in [7, 11) is 0. The summed E-state index contributed by atoms with van der Waals surface area (Å²) in [6.07, 6.45) is 8.31. The van der Waals surface area contributed by atoms with E-state index in [2.05, 4.69) is 53.9 Å². The van der Waals surface area contributed by atoms with E-state index in [0.29, 0.717) is 19.6 Å². The van der Waals surface area contributed by atoms with Crippen LogP contribution < -0.4 is 5.32 Å². The zero-order valence-electron chi connectivity index (χ0n) is 17.1. The van der Waals surface area contributed by atoms with Crippen molar-refractivity contribution in [2.75, 3.05) is 13.2 Å². The van der Waals surface area contributed by atoms with Crippen molar-refractivity contribution in [3.63, 3.8) is 0 Å². The molecule has 28 heavy (non-hydrogen) atoms. The summed E-state index contributed by atoms with van der Waals surface area (Å²) >= 11 is 2.21. The molecule has 0 fully saturated rings. The van der Waals surface area contributed by atoms with Gasteiger partial charge in [0, 0.05) is 13.0 Å². The van der Waals surface area contributed by atoms with Gasteiger partial charge in [-0.3, -0.25) is 4.79 Å². The van der Waals surface area contributed by atoms with Gasteiger partial charge < -0.3 is 15.2 Å². The van der Waals surface area contributed by atoms with E-state index in [1.165, 1.54) is 0 Å². The first kappa shape index (κ1) is 24.9. The maximum atomic E-state index is 12.4. The Morgan fingerprint density at radius 2 is 1.93 bits per heavy atom. The summed E-state index contributed by atoms with van der Waals surface area (Å²) < 4.78 is 7.75. The molecule has 0 heterocycles. The van der Waals surface area contributed by atoms with E-state index in [1.807, 2.05) is 34.4 Å². The van der Waals surface area contributed by atoms with Crippen LogP contribution in [0.4, 0.5) is 0 Å². The Kier molecular flexibility index (Phi) is 13.9. The normalized spacial score (nSPS) is 14.2. The number of carbonyl (C=O) groups excluding carboxylic acids is 1. The van der Waals surface area contributed by atoms with Crippen molar-refractivity contribution in [3.05, 3.63) is 57.7 Å². The number of halogens is 1. The zero-order chi connectivity index (χ0) is 20.6. The van der Waals surface area contributed by atoms with Crippen LogP contribution in [0.2, 0.25) is 0 Å². The van der Waals surface area contributed by atoms with Gasteiger partial charge in [0.15, 0.2) is 0 Å². The van der Waals surface area contributed by atoms with Gasteiger partial charge in [-0.1, -0.05) is 90.4 Å². The minimum absolute atomic E-state index is 0.0312. The molecule has 0 saturated carbocycles. The zero-order valence-corrected chi connectivity index (χ0v) is 19.2. The molecule has 1 aromatic rings. The van der Waals surface area contributed by atoms with Crippen molar-refractivity contribution in [1.29, 1.82) is 0 Å². The molecule has 0 aliphatic rings. The Hall–Kier alpha value is -1.18. The molecule has 1 amide bonds. The summed E-state index contributed by atoms with van der Waals surface area (Å²) in [4.78, 5) is 12.4. The lowest BCUT2D eigenvalue weighted by molar-refractivity contribution is -0.121. The average molecular weight is 499 g/mol. The summed E-state index contributed by atoms with van der Waals surface area (Å²) in [5, 5.41) is 12.0. The van der Waals surface area contributed by atoms with Crippen molar-refractivity contribution >= 4 is 28.5 Å². The Labute approximate surface area is 183 Å². The fraction of sp³-hybridized carbons (Fsp3) is 0.522. The highest BCUT2D eigenvalue weighted by Crippen LogP contribution is 2.16. The van der Waals surface area contributed by atoms with Crippen LogP contribution >= 0.6 is 22.6 Å². The molecule has 4 nitrogen and oxygen atoms in total. The average Bonchev–Trinajstić information content (AvgIpc) is 2.70. The monoisotopic (exact) mass is 499 g/mol. The number of amides is 1. The van der Waals surface area contributed by atoms with E-state index in [0.717, 1.165) is 36.8 Å². The third kappa shape index (κ3) is 11.0. The Bertz CT molecular complexity index is 601. The second-order valence-corrected chi connectivity index (χ2v) is 7.78. The summed E-state index contributed by atoms with van der Waals surface area (Å²) in [5.74, 6) is 0.293. The largest absolute Gasteiger partial charge is 0.396 e. The summed E-state index contributed by atoms with van der Waals surface area (Å²) in [5.41, 5.74) is 2.27. The molecule has 0 unspecified atom stereocenters. The van der Waals surface area contributed by atoms with Crippen LogP contribution in [0.15, 0.2) is 52.1 Å². The molecule has 0 spiro atoms. The second-order valence-electron chi connectivity index (χ2n) is 7.06. The maximum Gasteiger partial charge on any atom is 0.220 e. The molecule has 2 N–H and O–H groups in total. The lowest BCUT2D eigenvalue weighted by Gasteiger charge is -2.24. The lowest BCUT2D eigenvalue weighted by Crippen LogP contribution is -2.39. The molecule has 0 aromatic heterocycles. The number of hydrogen-bond acceptors (Lipinski definition) is 3. The predicted molar refractivity (Wildman–Crippen MR) is 124 cm³/mol. The van der Waals surface area contributed by atoms with Gasteiger partial charge in [0.1, 0.15) is 0 Å². The molecule has 156 valence electrons. The number of unbranched alkanes of at least 4 members (excludes halogenated alkanes) is 3. The van der Waals surface area contributed by atoms with Crippen LogP contribution in [0.3, 0.4) is 0 Å². The lowest BCUT2D eigenvalue weighted by atomic mass is 9.94. The standard InChI is InChI=1S/C23H34INO3/c1-19(13-15-24)23(25-22(27)12-8-3-4-9-16-26)20(2)14-17-28-18-21-10-6-5-7-11-21/h5-7,10-11,13-15,19,23,26H,3-4,8-9,12,16-18H2,1-2H3,(H,25,27)/b15-13+,20-14+/t19-,23-/m0/s1. The van der Waals surface area contributed by atoms with Gasteiger partial charge >= 0.3 is 0 Å². The molecule has 1 aromatic carbocycles. The van der Waals surface area contributed by atoms with Gasteiger partial charge in [-0.05, 0) is 35.3 Å². The van der Waals surface area contributed by atoms with Gasteiger partial charge in [-0.2, -0.15) is 0 Å². The molecule has 0 aliphatic carbocycles. The van der Waals surface area contributed by atoms with Crippen molar-refractivity contribution in [2.24, 2.45) is 5.92 Å². The van der Waals surface area contributed by atoms with E-state index in [1.54, 1.807) is 0 Å². The SMILES string of the molecule is C/C(=C\COCc1ccccc1)[C@@H](NC(=O)CCCCCCO)[C@@H](C)/C=C/I. The quantitative estimate of drug-likeness (QED) is 0.211. The minimum atomic E-state index is -0.0312. The number of nitrogens with one attached hydrogen (secondary N) is 1. The van der Waals surface area contributed by atoms with E-state index < -0.39 is 0 Å². The van der Waals surface area contributed by atoms with Gasteiger partial charge in [0.2, 0.25) is 5.91 Å². The number of carbonyl (C=O) groups is 1. The highest BCUT2D eigenvalue weighted by atomic mass is 127. The molecule has 5 heteroatoms. The third-order valence-electron chi connectivity index (χ3n) is 4.66. The first-order chi connectivity index (χ1) is 13.6. The van der Waals surface area contributed by atoms with Gasteiger partial charge in [0.25, 0.3) is 0 Å². The van der Waals surface area contributed by atoms with Crippen molar-refractivity contribution in [1.82, 2.24) is 5.32 Å². The van der Waals surface area contributed by atoms with Gasteiger partial charge in [-0.25, -0.2) is 0 Å². The molecule has 0 bridgehead atoms. The third-order valence-corrected chi connectivity index (χ3v) is 5.07. The molecule has 0 aliphatic heterocycles. The van der Waals surface area contributed by atoms with E-state index in [9.17, 15) is 4.79 Å². The molecule has 0 saturated heterocycles. The fourth-order valence-corrected chi connectivity index (χ4v) is 3.61. The van der Waals surface area contributed by atoms with Gasteiger partial charge in [-0.15, -0.1) is 0 Å². The van der Waals surface area contributed by atoms with Gasteiger partial charge in [0.05, 0.1) is 19.3 Å². The first-order valence-corrected chi connectivity index (χ1v) is 11.3. The Morgan fingerprint density at radius 3 is 2.61 bits per heavy atom. The van der Waals surface area contributed by atoms with Crippen molar-refractivity contribution in [2.45, 2.75) is 58.6 Å². The number of rotatable bonds is 14. The first-order valence-electron chi connectivity index (χ1n) is 10.0. The maximum absolute atomic E-state index is 12.4. The van der Waals surface area contributed by atoms with Crippen molar-refractivity contribution in [3.8, 4) is 0 Å². The highest BCUT2D eigenvalue weighted by Gasteiger charge is 2.19. The van der Waals surface area contributed by atoms with Crippen LogP contribution in [0.5, 0.6) is 0 Å². The van der Waals surface area contributed by atoms with E-state index >= 15 is 0 Å². The molecular weight excluding hydrogens is 465 g/mol. The van der Waals surface area contributed by atoms with Crippen LogP contribution in [-0.4, -0.2) is 30.3 Å². The van der Waals surface area contributed by atoms with E-state index in [4.69, 9.17) is 9.84 Å². The molecule has 2 atom stereocenters. The summed E-state index contributed by atoms with van der Waals surface area (Å²) in [6.45, 7) is 5.50. The Balaban J connectivity index is 2.52. The van der Waals surface area contributed by atoms with Crippen LogP contribution in [-0.2, 0) is 16.1 Å².